The second kappa shape index (κ2) is 7.78. The monoisotopic (exact) mass is 373 g/mol. The van der Waals surface area contributed by atoms with Crippen molar-refractivity contribution < 1.29 is 23.0 Å². The molecule has 4 nitrogen and oxygen atoms in total. The molecule has 0 aromatic heterocycles. The highest BCUT2D eigenvalue weighted by molar-refractivity contribution is 6.07. The molecule has 2 aromatic rings. The van der Waals surface area contributed by atoms with E-state index in [-0.39, 0.29) is 11.6 Å². The molecule has 0 aliphatic carbocycles. The molecule has 1 heterocycles. The first-order valence-electron chi connectivity index (χ1n) is 8.65. The maximum absolute atomic E-state index is 14.4. The molecule has 0 bridgehead atoms. The lowest BCUT2D eigenvalue weighted by Gasteiger charge is -2.30. The van der Waals surface area contributed by atoms with Crippen LogP contribution in [0, 0.1) is 11.6 Å². The van der Waals surface area contributed by atoms with Gasteiger partial charge in [-0.2, -0.15) is 0 Å². The molecule has 142 valence electrons. The maximum Gasteiger partial charge on any atom is 0.258 e. The van der Waals surface area contributed by atoms with Gasteiger partial charge in [-0.3, -0.25) is 4.79 Å². The standard InChI is InChI=1S/C21H21F2NO3/c1-4-6-14-9-15(11-18(26-2)20(14)27-3)21(25)24-8-5-7-13-10-16(22)12-17(23)19(13)24/h4,9-12H,1,5-8H2,2-3H3. The number of benzene rings is 2. The highest BCUT2D eigenvalue weighted by Crippen LogP contribution is 2.36. The maximum atomic E-state index is 14.4. The molecule has 1 aliphatic rings. The molecule has 3 rings (SSSR count). The topological polar surface area (TPSA) is 38.8 Å². The number of hydrogen-bond donors (Lipinski definition) is 0. The van der Waals surface area contributed by atoms with Gasteiger partial charge in [0.15, 0.2) is 11.5 Å². The molecule has 1 amide bonds. The van der Waals surface area contributed by atoms with Gasteiger partial charge >= 0.3 is 0 Å². The van der Waals surface area contributed by atoms with E-state index < -0.39 is 11.6 Å². The van der Waals surface area contributed by atoms with Crippen molar-refractivity contribution >= 4 is 11.6 Å². The normalized spacial score (nSPS) is 13.1. The average Bonchev–Trinajstić information content (AvgIpc) is 2.66. The second-order valence-electron chi connectivity index (χ2n) is 6.32. The van der Waals surface area contributed by atoms with E-state index in [1.807, 2.05) is 0 Å². The van der Waals surface area contributed by atoms with Crippen molar-refractivity contribution in [3.05, 3.63) is 65.2 Å². The molecule has 0 spiro atoms. The third kappa shape index (κ3) is 3.52. The number of carbonyl (C=O) groups is 1. The van der Waals surface area contributed by atoms with Crippen LogP contribution in [-0.4, -0.2) is 26.7 Å². The van der Waals surface area contributed by atoms with E-state index >= 15 is 0 Å². The van der Waals surface area contributed by atoms with E-state index in [1.165, 1.54) is 25.2 Å². The lowest BCUT2D eigenvalue weighted by molar-refractivity contribution is 0.0983. The zero-order valence-electron chi connectivity index (χ0n) is 15.4. The van der Waals surface area contributed by atoms with Gasteiger partial charge < -0.3 is 14.4 Å². The second-order valence-corrected chi connectivity index (χ2v) is 6.32. The Morgan fingerprint density at radius 3 is 2.67 bits per heavy atom. The van der Waals surface area contributed by atoms with E-state index in [4.69, 9.17) is 9.47 Å². The highest BCUT2D eigenvalue weighted by Gasteiger charge is 2.28. The molecule has 6 heteroatoms. The number of allylic oxidation sites excluding steroid dienone is 1. The molecule has 0 fully saturated rings. The van der Waals surface area contributed by atoms with Gasteiger partial charge in [0.05, 0.1) is 19.9 Å². The largest absolute Gasteiger partial charge is 0.493 e. The van der Waals surface area contributed by atoms with Crippen LogP contribution in [0.1, 0.15) is 27.9 Å². The zero-order chi connectivity index (χ0) is 19.6. The predicted octanol–water partition coefficient (Wildman–Crippen LogP) is 4.30. The van der Waals surface area contributed by atoms with E-state index in [0.29, 0.717) is 48.4 Å². The number of amides is 1. The summed E-state index contributed by atoms with van der Waals surface area (Å²) in [5.41, 5.74) is 1.74. The molecule has 27 heavy (non-hydrogen) atoms. The summed E-state index contributed by atoms with van der Waals surface area (Å²) in [4.78, 5) is 14.5. The van der Waals surface area contributed by atoms with Crippen molar-refractivity contribution in [1.82, 2.24) is 0 Å². The summed E-state index contributed by atoms with van der Waals surface area (Å²) in [6.07, 6.45) is 3.34. The summed E-state index contributed by atoms with van der Waals surface area (Å²) in [7, 11) is 3.01. The Morgan fingerprint density at radius 1 is 1.22 bits per heavy atom. The smallest absolute Gasteiger partial charge is 0.258 e. The summed E-state index contributed by atoms with van der Waals surface area (Å²) < 4.78 is 38.7. The third-order valence-corrected chi connectivity index (χ3v) is 4.62. The number of halogens is 2. The fraction of sp³-hybridized carbons (Fsp3) is 0.286. The van der Waals surface area contributed by atoms with E-state index in [9.17, 15) is 13.6 Å². The summed E-state index contributed by atoms with van der Waals surface area (Å²) in [5, 5.41) is 0. The van der Waals surface area contributed by atoms with Crippen LogP contribution in [0.3, 0.4) is 0 Å². The van der Waals surface area contributed by atoms with Gasteiger partial charge in [0.2, 0.25) is 0 Å². The minimum absolute atomic E-state index is 0.146. The molecule has 0 saturated carbocycles. The summed E-state index contributed by atoms with van der Waals surface area (Å²) in [6.45, 7) is 4.08. The summed E-state index contributed by atoms with van der Waals surface area (Å²) in [6, 6.07) is 5.36. The van der Waals surface area contributed by atoms with Crippen molar-refractivity contribution in [1.29, 1.82) is 0 Å². The molecule has 0 radical (unpaired) electrons. The molecule has 2 aromatic carbocycles. The van der Waals surface area contributed by atoms with Crippen LogP contribution in [0.2, 0.25) is 0 Å². The van der Waals surface area contributed by atoms with Crippen LogP contribution >= 0.6 is 0 Å². The third-order valence-electron chi connectivity index (χ3n) is 4.62. The van der Waals surface area contributed by atoms with Crippen molar-refractivity contribution in [3.8, 4) is 11.5 Å². The number of carbonyl (C=O) groups excluding carboxylic acids is 1. The lowest BCUT2D eigenvalue weighted by Crippen LogP contribution is -2.36. The Balaban J connectivity index is 2.07. The molecule has 1 aliphatic heterocycles. The first-order valence-corrected chi connectivity index (χ1v) is 8.65. The minimum atomic E-state index is -0.732. The number of hydrogen-bond acceptors (Lipinski definition) is 3. The van der Waals surface area contributed by atoms with Gasteiger partial charge in [-0.05, 0) is 43.0 Å². The fourth-order valence-electron chi connectivity index (χ4n) is 3.48. The lowest BCUT2D eigenvalue weighted by atomic mass is 9.99. The van der Waals surface area contributed by atoms with Crippen molar-refractivity contribution in [2.75, 3.05) is 25.7 Å². The van der Waals surface area contributed by atoms with Gasteiger partial charge in [0, 0.05) is 23.7 Å². The van der Waals surface area contributed by atoms with Gasteiger partial charge in [-0.1, -0.05) is 6.08 Å². The van der Waals surface area contributed by atoms with E-state index in [1.54, 1.807) is 18.2 Å². The van der Waals surface area contributed by atoms with E-state index in [0.717, 1.165) is 11.6 Å². The van der Waals surface area contributed by atoms with Gasteiger partial charge in [-0.25, -0.2) is 8.78 Å². The van der Waals surface area contributed by atoms with Crippen molar-refractivity contribution in [3.63, 3.8) is 0 Å². The van der Waals surface area contributed by atoms with Crippen molar-refractivity contribution in [2.45, 2.75) is 19.3 Å². The highest BCUT2D eigenvalue weighted by atomic mass is 19.1. The van der Waals surface area contributed by atoms with Crippen LogP contribution in [-0.2, 0) is 12.8 Å². The number of anilines is 1. The number of methoxy groups -OCH3 is 2. The Hall–Kier alpha value is -2.89. The number of aryl methyl sites for hydroxylation is 1. The Bertz CT molecular complexity index is 895. The molecular formula is C21H21F2NO3. The quantitative estimate of drug-likeness (QED) is 0.734. The van der Waals surface area contributed by atoms with Crippen LogP contribution in [0.4, 0.5) is 14.5 Å². The number of ether oxygens (including phenoxy) is 2. The molecule has 0 saturated heterocycles. The summed E-state index contributed by atoms with van der Waals surface area (Å²) >= 11 is 0. The molecule has 0 atom stereocenters. The summed E-state index contributed by atoms with van der Waals surface area (Å²) in [5.74, 6) is -0.796. The van der Waals surface area contributed by atoms with Crippen LogP contribution in [0.25, 0.3) is 0 Å². The number of rotatable bonds is 5. The Morgan fingerprint density at radius 2 is 2.00 bits per heavy atom. The van der Waals surface area contributed by atoms with E-state index in [2.05, 4.69) is 6.58 Å². The van der Waals surface area contributed by atoms with Gasteiger partial charge in [0.1, 0.15) is 11.6 Å². The first kappa shape index (κ1) is 18.9. The Kier molecular flexibility index (Phi) is 5.44. The van der Waals surface area contributed by atoms with Gasteiger partial charge in [-0.15, -0.1) is 6.58 Å². The zero-order valence-corrected chi connectivity index (χ0v) is 15.4. The molecule has 0 N–H and O–H groups in total. The number of fused-ring (bicyclic) bond motifs is 1. The molecular weight excluding hydrogens is 352 g/mol. The van der Waals surface area contributed by atoms with Crippen LogP contribution in [0.15, 0.2) is 36.9 Å². The van der Waals surface area contributed by atoms with Gasteiger partial charge in [0.25, 0.3) is 5.91 Å². The average molecular weight is 373 g/mol. The van der Waals surface area contributed by atoms with Crippen molar-refractivity contribution in [2.24, 2.45) is 0 Å². The molecule has 0 unspecified atom stereocenters. The van der Waals surface area contributed by atoms with Crippen LogP contribution < -0.4 is 14.4 Å². The number of nitrogens with zero attached hydrogens (tertiary/aromatic N) is 1. The first-order chi connectivity index (χ1) is 13.0. The minimum Gasteiger partial charge on any atom is -0.493 e. The Labute approximate surface area is 157 Å². The van der Waals surface area contributed by atoms with Crippen LogP contribution in [0.5, 0.6) is 11.5 Å². The SMILES string of the molecule is C=CCc1cc(C(=O)N2CCCc3cc(F)cc(F)c32)cc(OC)c1OC. The predicted molar refractivity (Wildman–Crippen MR) is 99.8 cm³/mol. The fourth-order valence-corrected chi connectivity index (χ4v) is 3.48.